The van der Waals surface area contributed by atoms with Gasteiger partial charge in [0.25, 0.3) is 0 Å². The first-order valence-corrected chi connectivity index (χ1v) is 8.82. The molecule has 2 fully saturated rings. The third kappa shape index (κ3) is 3.34. The van der Waals surface area contributed by atoms with Crippen molar-refractivity contribution in [2.24, 2.45) is 0 Å². The molecule has 7 nitrogen and oxygen atoms in total. The lowest BCUT2D eigenvalue weighted by Gasteiger charge is -2.37. The number of nitriles is 1. The number of benzene rings is 1. The molecule has 0 radical (unpaired) electrons. The van der Waals surface area contributed by atoms with Gasteiger partial charge in [-0.25, -0.2) is 4.98 Å². The molecule has 2 aliphatic heterocycles. The number of para-hydroxylation sites is 1. The van der Waals surface area contributed by atoms with Gasteiger partial charge in [0.15, 0.2) is 5.79 Å². The standard InChI is InChI=1S/C19H21N5O2/c1-14-12-17(22-16-5-3-2-4-15(16)13-20)23-18(21-14)24-8-6-19(7-9-24)25-10-11-26-19/h2-5,12H,6-11H2,1H3,(H,21,22,23). The van der Waals surface area contributed by atoms with E-state index in [1.807, 2.05) is 31.2 Å². The minimum atomic E-state index is -0.410. The van der Waals surface area contributed by atoms with Crippen LogP contribution in [-0.2, 0) is 9.47 Å². The van der Waals surface area contributed by atoms with Crippen LogP contribution in [-0.4, -0.2) is 42.1 Å². The molecule has 0 unspecified atom stereocenters. The molecule has 134 valence electrons. The average Bonchev–Trinajstić information content (AvgIpc) is 3.10. The molecule has 4 rings (SSSR count). The number of hydrogen-bond acceptors (Lipinski definition) is 7. The van der Waals surface area contributed by atoms with E-state index < -0.39 is 5.79 Å². The minimum Gasteiger partial charge on any atom is -0.347 e. The van der Waals surface area contributed by atoms with Crippen molar-refractivity contribution in [3.05, 3.63) is 41.6 Å². The van der Waals surface area contributed by atoms with Crippen LogP contribution in [0, 0.1) is 18.3 Å². The largest absolute Gasteiger partial charge is 0.347 e. The van der Waals surface area contributed by atoms with Gasteiger partial charge in [-0.3, -0.25) is 0 Å². The van der Waals surface area contributed by atoms with E-state index in [9.17, 15) is 5.26 Å². The molecule has 1 aromatic heterocycles. The number of ether oxygens (including phenoxy) is 2. The maximum atomic E-state index is 9.26. The van der Waals surface area contributed by atoms with E-state index in [-0.39, 0.29) is 0 Å². The van der Waals surface area contributed by atoms with Gasteiger partial charge in [-0.2, -0.15) is 10.2 Å². The highest BCUT2D eigenvalue weighted by atomic mass is 16.7. The number of rotatable bonds is 3. The molecule has 0 saturated carbocycles. The molecular weight excluding hydrogens is 330 g/mol. The van der Waals surface area contributed by atoms with E-state index in [1.165, 1.54) is 0 Å². The maximum Gasteiger partial charge on any atom is 0.227 e. The SMILES string of the molecule is Cc1cc(Nc2ccccc2C#N)nc(N2CCC3(CC2)OCCO3)n1. The van der Waals surface area contributed by atoms with Crippen molar-refractivity contribution < 1.29 is 9.47 Å². The van der Waals surface area contributed by atoms with Crippen LogP contribution >= 0.6 is 0 Å². The first kappa shape index (κ1) is 16.8. The normalized spacial score (nSPS) is 18.7. The number of aromatic nitrogens is 2. The lowest BCUT2D eigenvalue weighted by molar-refractivity contribution is -0.169. The third-order valence-corrected chi connectivity index (χ3v) is 4.77. The maximum absolute atomic E-state index is 9.26. The molecule has 0 amide bonds. The Morgan fingerprint density at radius 3 is 2.62 bits per heavy atom. The smallest absolute Gasteiger partial charge is 0.227 e. The highest BCUT2D eigenvalue weighted by Crippen LogP contribution is 2.32. The first-order valence-electron chi connectivity index (χ1n) is 8.82. The van der Waals surface area contributed by atoms with Crippen LogP contribution in [0.4, 0.5) is 17.5 Å². The van der Waals surface area contributed by atoms with Gasteiger partial charge in [0.05, 0.1) is 24.5 Å². The van der Waals surface area contributed by atoms with E-state index in [1.54, 1.807) is 6.07 Å². The van der Waals surface area contributed by atoms with Gasteiger partial charge in [-0.15, -0.1) is 0 Å². The topological polar surface area (TPSA) is 83.3 Å². The molecular formula is C19H21N5O2. The summed E-state index contributed by atoms with van der Waals surface area (Å²) in [6.45, 7) is 4.87. The van der Waals surface area contributed by atoms with E-state index in [0.717, 1.165) is 37.3 Å². The van der Waals surface area contributed by atoms with Crippen LogP contribution in [0.5, 0.6) is 0 Å². The fourth-order valence-corrected chi connectivity index (χ4v) is 3.42. The average molecular weight is 351 g/mol. The summed E-state index contributed by atoms with van der Waals surface area (Å²) >= 11 is 0. The van der Waals surface area contributed by atoms with Crippen LogP contribution in [0.2, 0.25) is 0 Å². The van der Waals surface area contributed by atoms with Crippen LogP contribution in [0.1, 0.15) is 24.1 Å². The zero-order chi connectivity index (χ0) is 18.0. The summed E-state index contributed by atoms with van der Waals surface area (Å²) in [6.07, 6.45) is 1.62. The van der Waals surface area contributed by atoms with E-state index >= 15 is 0 Å². The molecule has 0 atom stereocenters. The molecule has 7 heteroatoms. The van der Waals surface area contributed by atoms with Crippen LogP contribution in [0.25, 0.3) is 0 Å². The Kier molecular flexibility index (Phi) is 4.45. The Bertz CT molecular complexity index is 832. The van der Waals surface area contributed by atoms with Gasteiger partial charge in [-0.1, -0.05) is 12.1 Å². The molecule has 2 aliphatic rings. The Labute approximate surface area is 152 Å². The van der Waals surface area contributed by atoms with Crippen molar-refractivity contribution in [2.75, 3.05) is 36.5 Å². The fraction of sp³-hybridized carbons (Fsp3) is 0.421. The second kappa shape index (κ2) is 6.90. The van der Waals surface area contributed by atoms with Crippen molar-refractivity contribution in [3.63, 3.8) is 0 Å². The highest BCUT2D eigenvalue weighted by Gasteiger charge is 2.40. The molecule has 2 saturated heterocycles. The quantitative estimate of drug-likeness (QED) is 0.910. The summed E-state index contributed by atoms with van der Waals surface area (Å²) in [6, 6.07) is 11.5. The fourth-order valence-electron chi connectivity index (χ4n) is 3.42. The Balaban J connectivity index is 1.52. The zero-order valence-corrected chi connectivity index (χ0v) is 14.7. The summed E-state index contributed by atoms with van der Waals surface area (Å²) in [4.78, 5) is 11.4. The monoisotopic (exact) mass is 351 g/mol. The number of anilines is 3. The number of piperidine rings is 1. The van der Waals surface area contributed by atoms with Gasteiger partial charge in [-0.05, 0) is 19.1 Å². The lowest BCUT2D eigenvalue weighted by Crippen LogP contribution is -2.45. The van der Waals surface area contributed by atoms with Gasteiger partial charge in [0, 0.05) is 37.7 Å². The van der Waals surface area contributed by atoms with Crippen molar-refractivity contribution in [3.8, 4) is 6.07 Å². The summed E-state index contributed by atoms with van der Waals surface area (Å²) in [7, 11) is 0. The molecule has 1 N–H and O–H groups in total. The molecule has 0 aliphatic carbocycles. The molecule has 0 bridgehead atoms. The number of nitrogens with one attached hydrogen (secondary N) is 1. The van der Waals surface area contributed by atoms with E-state index in [2.05, 4.69) is 26.3 Å². The second-order valence-electron chi connectivity index (χ2n) is 6.57. The zero-order valence-electron chi connectivity index (χ0n) is 14.7. The summed E-state index contributed by atoms with van der Waals surface area (Å²) < 4.78 is 11.6. The van der Waals surface area contributed by atoms with Crippen molar-refractivity contribution in [2.45, 2.75) is 25.6 Å². The predicted molar refractivity (Wildman–Crippen MR) is 97.3 cm³/mol. The molecule has 3 heterocycles. The van der Waals surface area contributed by atoms with Crippen LogP contribution < -0.4 is 10.2 Å². The van der Waals surface area contributed by atoms with Crippen LogP contribution in [0.15, 0.2) is 30.3 Å². The number of aryl methyl sites for hydroxylation is 1. The molecule has 1 spiro atoms. The van der Waals surface area contributed by atoms with Gasteiger partial charge in [0.1, 0.15) is 11.9 Å². The first-order chi connectivity index (χ1) is 12.7. The summed E-state index contributed by atoms with van der Waals surface area (Å²) in [5.41, 5.74) is 2.20. The summed E-state index contributed by atoms with van der Waals surface area (Å²) in [5.74, 6) is 0.964. The number of nitrogens with zero attached hydrogens (tertiary/aromatic N) is 4. The predicted octanol–water partition coefficient (Wildman–Crippen LogP) is 2.74. The van der Waals surface area contributed by atoms with Crippen molar-refractivity contribution >= 4 is 17.5 Å². The molecule has 26 heavy (non-hydrogen) atoms. The van der Waals surface area contributed by atoms with Gasteiger partial charge >= 0.3 is 0 Å². The van der Waals surface area contributed by atoms with E-state index in [4.69, 9.17) is 9.47 Å². The van der Waals surface area contributed by atoms with E-state index in [0.29, 0.717) is 30.5 Å². The molecule has 2 aromatic rings. The lowest BCUT2D eigenvalue weighted by atomic mass is 10.0. The second-order valence-corrected chi connectivity index (χ2v) is 6.57. The minimum absolute atomic E-state index is 0.410. The van der Waals surface area contributed by atoms with Gasteiger partial charge in [0.2, 0.25) is 5.95 Å². The highest BCUT2D eigenvalue weighted by molar-refractivity contribution is 5.65. The van der Waals surface area contributed by atoms with Crippen molar-refractivity contribution in [1.82, 2.24) is 9.97 Å². The Morgan fingerprint density at radius 2 is 1.88 bits per heavy atom. The Morgan fingerprint density at radius 1 is 1.15 bits per heavy atom. The third-order valence-electron chi connectivity index (χ3n) is 4.77. The summed E-state index contributed by atoms with van der Waals surface area (Å²) in [5, 5.41) is 12.5. The van der Waals surface area contributed by atoms with Crippen LogP contribution in [0.3, 0.4) is 0 Å². The number of hydrogen-bond donors (Lipinski definition) is 1. The Hall–Kier alpha value is -2.69. The van der Waals surface area contributed by atoms with Gasteiger partial charge < -0.3 is 19.7 Å². The molecule has 1 aromatic carbocycles. The van der Waals surface area contributed by atoms with Crippen molar-refractivity contribution in [1.29, 1.82) is 5.26 Å².